The quantitative estimate of drug-likeness (QED) is 0.639. The zero-order chi connectivity index (χ0) is 19.8. The first-order valence-electron chi connectivity index (χ1n) is 8.07. The van der Waals surface area contributed by atoms with Gasteiger partial charge in [-0.1, -0.05) is 42.0 Å². The van der Waals surface area contributed by atoms with Crippen LogP contribution in [0.3, 0.4) is 0 Å². The standard InChI is InChI=1S/C19H18N2O5S/c1-13-4-6-14(7-5-13)15-8-10-16(11-9-15)26-27(24,25)17-12-20(2)19(23)21(3)18(17)22/h4-12H,1-3H3. The predicted molar refractivity (Wildman–Crippen MR) is 101 cm³/mol. The molecule has 0 spiro atoms. The summed E-state index contributed by atoms with van der Waals surface area (Å²) in [5.74, 6) is 0.0711. The van der Waals surface area contributed by atoms with E-state index in [2.05, 4.69) is 0 Å². The van der Waals surface area contributed by atoms with Gasteiger partial charge < -0.3 is 8.75 Å². The highest BCUT2D eigenvalue weighted by Gasteiger charge is 2.23. The first-order valence-corrected chi connectivity index (χ1v) is 9.48. The molecule has 0 aliphatic heterocycles. The lowest BCUT2D eigenvalue weighted by atomic mass is 10.0. The van der Waals surface area contributed by atoms with Crippen molar-refractivity contribution in [3.63, 3.8) is 0 Å². The van der Waals surface area contributed by atoms with Crippen molar-refractivity contribution < 1.29 is 12.6 Å². The summed E-state index contributed by atoms with van der Waals surface area (Å²) in [4.78, 5) is 23.2. The summed E-state index contributed by atoms with van der Waals surface area (Å²) < 4.78 is 31.8. The Labute approximate surface area is 156 Å². The summed E-state index contributed by atoms with van der Waals surface area (Å²) in [7, 11) is -1.82. The van der Waals surface area contributed by atoms with Gasteiger partial charge in [0.1, 0.15) is 5.75 Å². The molecule has 8 heteroatoms. The third kappa shape index (κ3) is 3.70. The van der Waals surface area contributed by atoms with Crippen molar-refractivity contribution in [3.8, 4) is 16.9 Å². The minimum atomic E-state index is -4.38. The van der Waals surface area contributed by atoms with E-state index in [1.165, 1.54) is 26.2 Å². The molecule has 3 aromatic rings. The molecule has 0 aliphatic rings. The molecule has 1 heterocycles. The number of hydrogen-bond donors (Lipinski definition) is 0. The summed E-state index contributed by atoms with van der Waals surface area (Å²) in [6, 6.07) is 14.4. The lowest BCUT2D eigenvalue weighted by Gasteiger charge is -2.10. The second-order valence-corrected chi connectivity index (χ2v) is 7.69. The van der Waals surface area contributed by atoms with Crippen molar-refractivity contribution in [1.29, 1.82) is 0 Å². The molecular weight excluding hydrogens is 368 g/mol. The first-order chi connectivity index (χ1) is 12.7. The fraction of sp³-hybridized carbons (Fsp3) is 0.158. The molecule has 0 saturated carbocycles. The van der Waals surface area contributed by atoms with Gasteiger partial charge in [-0.2, -0.15) is 8.42 Å². The van der Waals surface area contributed by atoms with Crippen molar-refractivity contribution in [2.24, 2.45) is 14.1 Å². The Balaban J connectivity index is 1.92. The van der Waals surface area contributed by atoms with Crippen LogP contribution in [0.1, 0.15) is 5.56 Å². The van der Waals surface area contributed by atoms with Gasteiger partial charge in [0.2, 0.25) is 0 Å². The van der Waals surface area contributed by atoms with Crippen molar-refractivity contribution in [2.75, 3.05) is 0 Å². The lowest BCUT2D eigenvalue weighted by Crippen LogP contribution is -2.39. The van der Waals surface area contributed by atoms with Crippen molar-refractivity contribution in [3.05, 3.63) is 81.1 Å². The van der Waals surface area contributed by atoms with Crippen LogP contribution >= 0.6 is 0 Å². The summed E-state index contributed by atoms with van der Waals surface area (Å²) >= 11 is 0. The van der Waals surface area contributed by atoms with E-state index in [-0.39, 0.29) is 5.75 Å². The molecule has 0 radical (unpaired) electrons. The first kappa shape index (κ1) is 18.7. The van der Waals surface area contributed by atoms with Crippen LogP contribution in [0.4, 0.5) is 0 Å². The van der Waals surface area contributed by atoms with Gasteiger partial charge in [-0.3, -0.25) is 9.36 Å². The van der Waals surface area contributed by atoms with Crippen LogP contribution in [0.2, 0.25) is 0 Å². The predicted octanol–water partition coefficient (Wildman–Crippen LogP) is 1.83. The van der Waals surface area contributed by atoms with E-state index in [1.54, 1.807) is 12.1 Å². The number of hydrogen-bond acceptors (Lipinski definition) is 5. The van der Waals surface area contributed by atoms with Gasteiger partial charge in [0.25, 0.3) is 5.56 Å². The zero-order valence-corrected chi connectivity index (χ0v) is 15.9. The van der Waals surface area contributed by atoms with Crippen LogP contribution < -0.4 is 15.4 Å². The lowest BCUT2D eigenvalue weighted by molar-refractivity contribution is 0.480. The molecule has 0 amide bonds. The van der Waals surface area contributed by atoms with Gasteiger partial charge >= 0.3 is 15.8 Å². The maximum Gasteiger partial charge on any atom is 0.346 e. The van der Waals surface area contributed by atoms with E-state index in [4.69, 9.17) is 4.18 Å². The summed E-state index contributed by atoms with van der Waals surface area (Å²) in [6.07, 6.45) is 0.959. The molecular formula is C19H18N2O5S. The van der Waals surface area contributed by atoms with Gasteiger partial charge in [0, 0.05) is 20.3 Å². The number of nitrogens with zero attached hydrogens (tertiary/aromatic N) is 2. The molecule has 140 valence electrons. The van der Waals surface area contributed by atoms with Crippen LogP contribution in [0, 0.1) is 6.92 Å². The Morgan fingerprint density at radius 2 is 1.37 bits per heavy atom. The van der Waals surface area contributed by atoms with Gasteiger partial charge in [-0.15, -0.1) is 0 Å². The second kappa shape index (κ2) is 6.88. The molecule has 2 aromatic carbocycles. The van der Waals surface area contributed by atoms with Gasteiger partial charge in [-0.25, -0.2) is 4.79 Å². The summed E-state index contributed by atoms with van der Waals surface area (Å²) in [6.45, 7) is 2.00. The highest BCUT2D eigenvalue weighted by molar-refractivity contribution is 7.87. The molecule has 27 heavy (non-hydrogen) atoms. The highest BCUT2D eigenvalue weighted by atomic mass is 32.2. The molecule has 0 bridgehead atoms. The van der Waals surface area contributed by atoms with Crippen molar-refractivity contribution in [1.82, 2.24) is 9.13 Å². The fourth-order valence-corrected chi connectivity index (χ4v) is 3.66. The van der Waals surface area contributed by atoms with E-state index >= 15 is 0 Å². The average molecular weight is 386 g/mol. The topological polar surface area (TPSA) is 87.4 Å². The Morgan fingerprint density at radius 1 is 0.852 bits per heavy atom. The van der Waals surface area contributed by atoms with Gasteiger partial charge in [0.15, 0.2) is 4.90 Å². The van der Waals surface area contributed by atoms with Gasteiger partial charge in [0.05, 0.1) is 0 Å². The number of aryl methyl sites for hydroxylation is 2. The number of benzene rings is 2. The second-order valence-electron chi connectivity index (χ2n) is 6.18. The molecule has 0 atom stereocenters. The van der Waals surface area contributed by atoms with Gasteiger partial charge in [-0.05, 0) is 30.2 Å². The molecule has 0 fully saturated rings. The Hall–Kier alpha value is -3.13. The molecule has 7 nitrogen and oxygen atoms in total. The number of rotatable bonds is 4. The van der Waals surface area contributed by atoms with E-state index in [1.807, 2.05) is 31.2 Å². The zero-order valence-electron chi connectivity index (χ0n) is 15.0. The monoisotopic (exact) mass is 386 g/mol. The summed E-state index contributed by atoms with van der Waals surface area (Å²) in [5.41, 5.74) is 1.47. The maximum absolute atomic E-state index is 12.5. The maximum atomic E-state index is 12.5. The molecule has 0 N–H and O–H groups in total. The normalized spacial score (nSPS) is 11.4. The largest absolute Gasteiger partial charge is 0.379 e. The molecule has 1 aromatic heterocycles. The van der Waals surface area contributed by atoms with Crippen molar-refractivity contribution >= 4 is 10.1 Å². The van der Waals surface area contributed by atoms with Crippen LogP contribution in [0.5, 0.6) is 5.75 Å². The Bertz CT molecular complexity index is 1200. The third-order valence-corrected chi connectivity index (χ3v) is 5.36. The SMILES string of the molecule is Cc1ccc(-c2ccc(OS(=O)(=O)c3cn(C)c(=O)n(C)c3=O)cc2)cc1. The molecule has 0 saturated heterocycles. The van der Waals surface area contributed by atoms with E-state index in [9.17, 15) is 18.0 Å². The third-order valence-electron chi connectivity index (χ3n) is 4.13. The molecule has 3 rings (SSSR count). The minimum Gasteiger partial charge on any atom is -0.379 e. The van der Waals surface area contributed by atoms with Crippen LogP contribution in [-0.4, -0.2) is 17.6 Å². The van der Waals surface area contributed by atoms with E-state index < -0.39 is 26.3 Å². The number of aromatic nitrogens is 2. The fourth-order valence-electron chi connectivity index (χ4n) is 2.57. The van der Waals surface area contributed by atoms with Crippen molar-refractivity contribution in [2.45, 2.75) is 11.8 Å². The Kier molecular flexibility index (Phi) is 4.75. The van der Waals surface area contributed by atoms with Crippen LogP contribution in [0.25, 0.3) is 11.1 Å². The smallest absolute Gasteiger partial charge is 0.346 e. The van der Waals surface area contributed by atoms with E-state index in [0.29, 0.717) is 0 Å². The van der Waals surface area contributed by atoms with E-state index in [0.717, 1.165) is 32.0 Å². The van der Waals surface area contributed by atoms with Crippen LogP contribution in [0.15, 0.2) is 69.2 Å². The minimum absolute atomic E-state index is 0.0711. The molecule has 0 aliphatic carbocycles. The Morgan fingerprint density at radius 3 is 1.93 bits per heavy atom. The molecule has 0 unspecified atom stereocenters. The van der Waals surface area contributed by atoms with Crippen LogP contribution in [-0.2, 0) is 24.2 Å². The average Bonchev–Trinajstić information content (AvgIpc) is 2.64. The highest BCUT2D eigenvalue weighted by Crippen LogP contribution is 2.24. The summed E-state index contributed by atoms with van der Waals surface area (Å²) in [5, 5.41) is 0.